The van der Waals surface area contributed by atoms with Crippen LogP contribution >= 0.6 is 0 Å². The van der Waals surface area contributed by atoms with Crippen molar-refractivity contribution in [1.82, 2.24) is 4.98 Å². The zero-order valence-electron chi connectivity index (χ0n) is 11.3. The molecule has 2 unspecified atom stereocenters. The van der Waals surface area contributed by atoms with Gasteiger partial charge in [0.25, 0.3) is 0 Å². The number of nitrogens with zero attached hydrogens (tertiary/aromatic N) is 1. The highest BCUT2D eigenvalue weighted by molar-refractivity contribution is 5.52. The van der Waals surface area contributed by atoms with Crippen molar-refractivity contribution in [2.45, 2.75) is 32.7 Å². The largest absolute Gasteiger partial charge is 0.382 e. The van der Waals surface area contributed by atoms with E-state index in [0.29, 0.717) is 12.0 Å². The lowest BCUT2D eigenvalue weighted by molar-refractivity contribution is 0.0538. The summed E-state index contributed by atoms with van der Waals surface area (Å²) >= 11 is 0. The highest BCUT2D eigenvalue weighted by Crippen LogP contribution is 2.20. The Labute approximate surface area is 109 Å². The van der Waals surface area contributed by atoms with Gasteiger partial charge in [-0.3, -0.25) is 0 Å². The van der Waals surface area contributed by atoms with Gasteiger partial charge in [-0.05, 0) is 24.8 Å². The fourth-order valence-corrected chi connectivity index (χ4v) is 2.18. The van der Waals surface area contributed by atoms with Crippen LogP contribution in [-0.4, -0.2) is 30.8 Å². The third kappa shape index (κ3) is 3.60. The first-order chi connectivity index (χ1) is 8.79. The number of ether oxygens (including phenoxy) is 1. The summed E-state index contributed by atoms with van der Waals surface area (Å²) in [5.41, 5.74) is 1.14. The molecule has 1 aliphatic heterocycles. The summed E-state index contributed by atoms with van der Waals surface area (Å²) in [6.07, 6.45) is 4.03. The second-order valence-corrected chi connectivity index (χ2v) is 4.95. The van der Waals surface area contributed by atoms with Gasteiger partial charge in [-0.1, -0.05) is 13.8 Å². The zero-order valence-corrected chi connectivity index (χ0v) is 11.3. The van der Waals surface area contributed by atoms with E-state index in [4.69, 9.17) is 4.74 Å². The van der Waals surface area contributed by atoms with Gasteiger partial charge in [-0.25, -0.2) is 4.98 Å². The molecule has 1 aliphatic rings. The number of nitrogens with one attached hydrogen (secondary N) is 2. The van der Waals surface area contributed by atoms with Gasteiger partial charge in [-0.2, -0.15) is 0 Å². The molecular weight excluding hydrogens is 226 g/mol. The van der Waals surface area contributed by atoms with Gasteiger partial charge in [0.2, 0.25) is 0 Å². The Bertz CT molecular complexity index is 370. The van der Waals surface area contributed by atoms with Crippen LogP contribution in [0.2, 0.25) is 0 Å². The first-order valence-corrected chi connectivity index (χ1v) is 6.84. The monoisotopic (exact) mass is 249 g/mol. The first kappa shape index (κ1) is 13.1. The molecule has 2 atom stereocenters. The Morgan fingerprint density at radius 2 is 2.39 bits per heavy atom. The van der Waals surface area contributed by atoms with Crippen LogP contribution in [0.25, 0.3) is 0 Å². The second kappa shape index (κ2) is 6.59. The van der Waals surface area contributed by atoms with Crippen molar-refractivity contribution in [2.24, 2.45) is 5.92 Å². The molecule has 1 saturated heterocycles. The SMILES string of the molecule is CCCNc1cc(NC2CCOCC2C)ccn1. The number of aromatic nitrogens is 1. The molecule has 0 radical (unpaired) electrons. The molecule has 0 amide bonds. The van der Waals surface area contributed by atoms with Crippen molar-refractivity contribution in [2.75, 3.05) is 30.4 Å². The Kier molecular flexibility index (Phi) is 4.81. The van der Waals surface area contributed by atoms with Crippen molar-refractivity contribution in [3.05, 3.63) is 18.3 Å². The van der Waals surface area contributed by atoms with Crippen LogP contribution < -0.4 is 10.6 Å². The molecule has 2 rings (SSSR count). The van der Waals surface area contributed by atoms with Crippen LogP contribution in [0.3, 0.4) is 0 Å². The summed E-state index contributed by atoms with van der Waals surface area (Å²) in [5, 5.41) is 6.89. The van der Waals surface area contributed by atoms with Crippen molar-refractivity contribution < 1.29 is 4.74 Å². The Morgan fingerprint density at radius 3 is 3.17 bits per heavy atom. The molecule has 1 aromatic heterocycles. The van der Waals surface area contributed by atoms with E-state index in [-0.39, 0.29) is 0 Å². The smallest absolute Gasteiger partial charge is 0.127 e. The van der Waals surface area contributed by atoms with Crippen LogP contribution in [0, 0.1) is 5.92 Å². The summed E-state index contributed by atoms with van der Waals surface area (Å²) in [4.78, 5) is 4.31. The van der Waals surface area contributed by atoms with E-state index in [1.807, 2.05) is 12.3 Å². The lowest BCUT2D eigenvalue weighted by Gasteiger charge is -2.30. The van der Waals surface area contributed by atoms with Gasteiger partial charge in [0.1, 0.15) is 5.82 Å². The summed E-state index contributed by atoms with van der Waals surface area (Å²) in [5.74, 6) is 1.50. The molecule has 0 aromatic carbocycles. The molecule has 1 aromatic rings. The second-order valence-electron chi connectivity index (χ2n) is 4.95. The first-order valence-electron chi connectivity index (χ1n) is 6.84. The number of anilines is 2. The number of pyridine rings is 1. The van der Waals surface area contributed by atoms with Crippen LogP contribution in [0.15, 0.2) is 18.3 Å². The maximum atomic E-state index is 5.46. The van der Waals surface area contributed by atoms with Crippen molar-refractivity contribution in [3.8, 4) is 0 Å². The van der Waals surface area contributed by atoms with E-state index in [0.717, 1.165) is 44.1 Å². The minimum atomic E-state index is 0.500. The summed E-state index contributed by atoms with van der Waals surface area (Å²) in [7, 11) is 0. The van der Waals surface area contributed by atoms with Gasteiger partial charge in [-0.15, -0.1) is 0 Å². The number of hydrogen-bond acceptors (Lipinski definition) is 4. The van der Waals surface area contributed by atoms with Gasteiger partial charge in [0, 0.05) is 37.1 Å². The standard InChI is InChI=1S/C14H23N3O/c1-3-6-15-14-9-12(4-7-16-14)17-13-5-8-18-10-11(13)2/h4,7,9,11,13H,3,5-6,8,10H2,1-2H3,(H2,15,16,17). The highest BCUT2D eigenvalue weighted by Gasteiger charge is 2.21. The van der Waals surface area contributed by atoms with E-state index < -0.39 is 0 Å². The Morgan fingerprint density at radius 1 is 1.50 bits per heavy atom. The average molecular weight is 249 g/mol. The van der Waals surface area contributed by atoms with Gasteiger partial charge in [0.15, 0.2) is 0 Å². The van der Waals surface area contributed by atoms with Crippen molar-refractivity contribution in [1.29, 1.82) is 0 Å². The molecule has 0 bridgehead atoms. The Hall–Kier alpha value is -1.29. The molecular formula is C14H23N3O. The lowest BCUT2D eigenvalue weighted by atomic mass is 9.97. The van der Waals surface area contributed by atoms with E-state index in [9.17, 15) is 0 Å². The minimum Gasteiger partial charge on any atom is -0.382 e. The topological polar surface area (TPSA) is 46.2 Å². The van der Waals surface area contributed by atoms with Crippen LogP contribution in [0.5, 0.6) is 0 Å². The highest BCUT2D eigenvalue weighted by atomic mass is 16.5. The van der Waals surface area contributed by atoms with Crippen LogP contribution in [0.4, 0.5) is 11.5 Å². The maximum Gasteiger partial charge on any atom is 0.127 e. The molecule has 0 saturated carbocycles. The quantitative estimate of drug-likeness (QED) is 0.842. The van der Waals surface area contributed by atoms with Gasteiger partial charge in [0.05, 0.1) is 6.61 Å². The molecule has 18 heavy (non-hydrogen) atoms. The molecule has 4 heteroatoms. The fourth-order valence-electron chi connectivity index (χ4n) is 2.18. The minimum absolute atomic E-state index is 0.500. The van der Waals surface area contributed by atoms with Crippen molar-refractivity contribution >= 4 is 11.5 Å². The summed E-state index contributed by atoms with van der Waals surface area (Å²) < 4.78 is 5.46. The van der Waals surface area contributed by atoms with E-state index in [2.05, 4.69) is 35.5 Å². The number of rotatable bonds is 5. The molecule has 4 nitrogen and oxygen atoms in total. The van der Waals surface area contributed by atoms with Gasteiger partial charge < -0.3 is 15.4 Å². The Balaban J connectivity index is 1.95. The third-order valence-corrected chi connectivity index (χ3v) is 3.31. The molecule has 0 spiro atoms. The van der Waals surface area contributed by atoms with Gasteiger partial charge >= 0.3 is 0 Å². The molecule has 100 valence electrons. The molecule has 0 aliphatic carbocycles. The fraction of sp³-hybridized carbons (Fsp3) is 0.643. The summed E-state index contributed by atoms with van der Waals surface area (Å²) in [6.45, 7) is 7.05. The predicted octanol–water partition coefficient (Wildman–Crippen LogP) is 2.74. The zero-order chi connectivity index (χ0) is 12.8. The number of hydrogen-bond donors (Lipinski definition) is 2. The molecule has 1 fully saturated rings. The van der Waals surface area contributed by atoms with E-state index in [1.165, 1.54) is 0 Å². The van der Waals surface area contributed by atoms with Crippen molar-refractivity contribution in [3.63, 3.8) is 0 Å². The van der Waals surface area contributed by atoms with Crippen LogP contribution in [-0.2, 0) is 4.74 Å². The van der Waals surface area contributed by atoms with Crippen LogP contribution in [0.1, 0.15) is 26.7 Å². The predicted molar refractivity (Wildman–Crippen MR) is 75.0 cm³/mol. The maximum absolute atomic E-state index is 5.46. The van der Waals surface area contributed by atoms with E-state index >= 15 is 0 Å². The molecule has 2 heterocycles. The average Bonchev–Trinajstić information content (AvgIpc) is 2.40. The third-order valence-electron chi connectivity index (χ3n) is 3.31. The van der Waals surface area contributed by atoms with E-state index in [1.54, 1.807) is 0 Å². The summed E-state index contributed by atoms with van der Waals surface area (Å²) in [6, 6.07) is 4.61. The normalized spacial score (nSPS) is 23.7. The molecule has 2 N–H and O–H groups in total. The lowest BCUT2D eigenvalue weighted by Crippen LogP contribution is -2.35.